The van der Waals surface area contributed by atoms with E-state index in [-0.39, 0.29) is 0 Å². The monoisotopic (exact) mass is 378 g/mol. The predicted molar refractivity (Wildman–Crippen MR) is 84.0 cm³/mol. The maximum Gasteiger partial charge on any atom is 0.242 e. The standard InChI is InChI=1S/C13H19BrN2O2S2/c14-13-12(5-11(6-15)19-13)20(17,18)16-7-10-4-8-1-2-9(10)3-8/h5,8-10,16H,1-4,6-7,15H2. The minimum absolute atomic E-state index is 0.325. The lowest BCUT2D eigenvalue weighted by molar-refractivity contribution is 0.333. The number of thiophene rings is 1. The van der Waals surface area contributed by atoms with Crippen LogP contribution in [0.5, 0.6) is 0 Å². The SMILES string of the molecule is NCc1cc(S(=O)(=O)NCC2CC3CCC2C3)c(Br)s1. The Morgan fingerprint density at radius 2 is 2.20 bits per heavy atom. The van der Waals surface area contributed by atoms with Gasteiger partial charge in [0.05, 0.1) is 3.79 Å². The third-order valence-corrected chi connectivity index (χ3v) is 8.32. The molecule has 2 aliphatic rings. The van der Waals surface area contributed by atoms with Crippen LogP contribution < -0.4 is 10.5 Å². The number of halogens is 1. The van der Waals surface area contributed by atoms with Crippen LogP contribution in [0.2, 0.25) is 0 Å². The summed E-state index contributed by atoms with van der Waals surface area (Å²) in [5.74, 6) is 2.09. The molecule has 3 rings (SSSR count). The van der Waals surface area contributed by atoms with Crippen LogP contribution in [0.1, 0.15) is 30.6 Å². The lowest BCUT2D eigenvalue weighted by Crippen LogP contribution is -2.31. The first kappa shape index (κ1) is 15.0. The molecule has 1 aromatic rings. The molecule has 2 saturated carbocycles. The minimum Gasteiger partial charge on any atom is -0.326 e. The third kappa shape index (κ3) is 2.83. The van der Waals surface area contributed by atoms with Gasteiger partial charge < -0.3 is 5.73 Å². The van der Waals surface area contributed by atoms with E-state index in [4.69, 9.17) is 5.73 Å². The smallest absolute Gasteiger partial charge is 0.242 e. The van der Waals surface area contributed by atoms with Crippen LogP contribution in [0.15, 0.2) is 14.7 Å². The van der Waals surface area contributed by atoms with Crippen molar-refractivity contribution < 1.29 is 8.42 Å². The lowest BCUT2D eigenvalue weighted by atomic mass is 9.89. The number of rotatable bonds is 5. The second kappa shape index (κ2) is 5.68. The van der Waals surface area contributed by atoms with Crippen molar-refractivity contribution in [1.82, 2.24) is 4.72 Å². The molecule has 20 heavy (non-hydrogen) atoms. The van der Waals surface area contributed by atoms with Gasteiger partial charge in [-0.3, -0.25) is 0 Å². The highest BCUT2D eigenvalue weighted by Gasteiger charge is 2.39. The number of nitrogens with two attached hydrogens (primary N) is 1. The van der Waals surface area contributed by atoms with Crippen LogP contribution in [0.25, 0.3) is 0 Å². The molecule has 1 aromatic heterocycles. The van der Waals surface area contributed by atoms with Gasteiger partial charge in [0.2, 0.25) is 10.0 Å². The average Bonchev–Trinajstić information content (AvgIpc) is 3.10. The molecule has 0 amide bonds. The van der Waals surface area contributed by atoms with Crippen LogP contribution in [0, 0.1) is 17.8 Å². The van der Waals surface area contributed by atoms with Gasteiger partial charge in [0.15, 0.2) is 0 Å². The van der Waals surface area contributed by atoms with E-state index in [1.54, 1.807) is 6.07 Å². The van der Waals surface area contributed by atoms with Crippen molar-refractivity contribution in [2.75, 3.05) is 6.54 Å². The Hall–Kier alpha value is 0.0500. The molecule has 2 fully saturated rings. The van der Waals surface area contributed by atoms with Gasteiger partial charge in [-0.25, -0.2) is 13.1 Å². The molecule has 0 spiro atoms. The summed E-state index contributed by atoms with van der Waals surface area (Å²) in [4.78, 5) is 1.20. The first-order valence-corrected chi connectivity index (χ1v) is 10.1. The molecular weight excluding hydrogens is 360 g/mol. The van der Waals surface area contributed by atoms with E-state index in [0.717, 1.165) is 16.7 Å². The summed E-state index contributed by atoms with van der Waals surface area (Å²) in [5.41, 5.74) is 5.56. The largest absolute Gasteiger partial charge is 0.326 e. The minimum atomic E-state index is -3.43. The molecule has 112 valence electrons. The fourth-order valence-electron chi connectivity index (χ4n) is 3.60. The van der Waals surface area contributed by atoms with E-state index >= 15 is 0 Å². The van der Waals surface area contributed by atoms with Crippen LogP contribution in [0.3, 0.4) is 0 Å². The zero-order valence-corrected chi connectivity index (χ0v) is 14.4. The number of sulfonamides is 1. The Morgan fingerprint density at radius 3 is 2.75 bits per heavy atom. The summed E-state index contributed by atoms with van der Waals surface area (Å²) in [6.45, 7) is 0.939. The first-order chi connectivity index (χ1) is 9.49. The molecule has 4 nitrogen and oxygen atoms in total. The van der Waals surface area contributed by atoms with Gasteiger partial charge in [-0.2, -0.15) is 0 Å². The summed E-state index contributed by atoms with van der Waals surface area (Å²) in [6.07, 6.45) is 5.10. The van der Waals surface area contributed by atoms with E-state index in [9.17, 15) is 8.42 Å². The van der Waals surface area contributed by atoms with Crippen molar-refractivity contribution in [3.63, 3.8) is 0 Å². The van der Waals surface area contributed by atoms with Crippen molar-refractivity contribution in [3.8, 4) is 0 Å². The molecule has 0 radical (unpaired) electrons. The molecule has 0 aromatic carbocycles. The fourth-order valence-corrected chi connectivity index (χ4v) is 7.26. The van der Waals surface area contributed by atoms with Gasteiger partial charge in [-0.15, -0.1) is 11.3 Å². The topological polar surface area (TPSA) is 72.2 Å². The maximum absolute atomic E-state index is 12.4. The molecule has 3 N–H and O–H groups in total. The highest BCUT2D eigenvalue weighted by atomic mass is 79.9. The normalized spacial score (nSPS) is 29.2. The zero-order chi connectivity index (χ0) is 14.3. The van der Waals surface area contributed by atoms with E-state index in [1.165, 1.54) is 37.0 Å². The van der Waals surface area contributed by atoms with Crippen LogP contribution in [-0.2, 0) is 16.6 Å². The molecular formula is C13H19BrN2O2S2. The van der Waals surface area contributed by atoms with Crippen LogP contribution in [0.4, 0.5) is 0 Å². The van der Waals surface area contributed by atoms with Gasteiger partial charge in [0, 0.05) is 18.0 Å². The maximum atomic E-state index is 12.4. The summed E-state index contributed by atoms with van der Waals surface area (Å²) < 4.78 is 28.2. The van der Waals surface area contributed by atoms with E-state index in [2.05, 4.69) is 20.7 Å². The quantitative estimate of drug-likeness (QED) is 0.826. The van der Waals surface area contributed by atoms with Gasteiger partial charge >= 0.3 is 0 Å². The summed E-state index contributed by atoms with van der Waals surface area (Å²) in [6, 6.07) is 1.66. The van der Waals surface area contributed by atoms with E-state index < -0.39 is 10.0 Å². The highest BCUT2D eigenvalue weighted by Crippen LogP contribution is 2.48. The Bertz CT molecular complexity index is 600. The van der Waals surface area contributed by atoms with Crippen molar-refractivity contribution in [2.45, 2.75) is 37.1 Å². The molecule has 1 heterocycles. The van der Waals surface area contributed by atoms with E-state index in [0.29, 0.717) is 27.7 Å². The zero-order valence-electron chi connectivity index (χ0n) is 11.1. The van der Waals surface area contributed by atoms with Gasteiger partial charge in [-0.05, 0) is 59.0 Å². The van der Waals surface area contributed by atoms with Crippen LogP contribution in [-0.4, -0.2) is 15.0 Å². The van der Waals surface area contributed by atoms with Gasteiger partial charge in [0.25, 0.3) is 0 Å². The summed E-state index contributed by atoms with van der Waals surface area (Å²) in [7, 11) is -3.43. The average molecular weight is 379 g/mol. The molecule has 3 unspecified atom stereocenters. The molecule has 0 saturated heterocycles. The lowest BCUT2D eigenvalue weighted by Gasteiger charge is -2.21. The Balaban J connectivity index is 1.67. The second-order valence-corrected chi connectivity index (χ2v) is 10.0. The van der Waals surface area contributed by atoms with Crippen LogP contribution >= 0.6 is 27.3 Å². The Kier molecular flexibility index (Phi) is 4.25. The van der Waals surface area contributed by atoms with Gasteiger partial charge in [-0.1, -0.05) is 6.42 Å². The summed E-state index contributed by atoms with van der Waals surface area (Å²) in [5, 5.41) is 0. The first-order valence-electron chi connectivity index (χ1n) is 6.97. The van der Waals surface area contributed by atoms with Crippen molar-refractivity contribution in [2.24, 2.45) is 23.5 Å². The Morgan fingerprint density at radius 1 is 1.40 bits per heavy atom. The number of fused-ring (bicyclic) bond motifs is 2. The summed E-state index contributed by atoms with van der Waals surface area (Å²) >= 11 is 4.71. The Labute approximate surface area is 132 Å². The van der Waals surface area contributed by atoms with E-state index in [1.807, 2.05) is 0 Å². The molecule has 0 aliphatic heterocycles. The molecule has 3 atom stereocenters. The number of hydrogen-bond acceptors (Lipinski definition) is 4. The van der Waals surface area contributed by atoms with Crippen molar-refractivity contribution in [3.05, 3.63) is 14.7 Å². The van der Waals surface area contributed by atoms with Crippen molar-refractivity contribution in [1.29, 1.82) is 0 Å². The molecule has 7 heteroatoms. The third-order valence-electron chi connectivity index (χ3n) is 4.62. The van der Waals surface area contributed by atoms with Crippen molar-refractivity contribution >= 4 is 37.3 Å². The molecule has 2 aliphatic carbocycles. The predicted octanol–water partition coefficient (Wildman–Crippen LogP) is 2.68. The second-order valence-electron chi connectivity index (χ2n) is 5.84. The number of nitrogens with one attached hydrogen (secondary N) is 1. The fraction of sp³-hybridized carbons (Fsp3) is 0.692. The number of hydrogen-bond donors (Lipinski definition) is 2. The highest BCUT2D eigenvalue weighted by molar-refractivity contribution is 9.11. The molecule has 2 bridgehead atoms. The van der Waals surface area contributed by atoms with Gasteiger partial charge in [0.1, 0.15) is 4.90 Å².